The van der Waals surface area contributed by atoms with Gasteiger partial charge in [0.25, 0.3) is 0 Å². The van der Waals surface area contributed by atoms with Gasteiger partial charge in [0.2, 0.25) is 0 Å². The molecule has 0 N–H and O–H groups in total. The van der Waals surface area contributed by atoms with E-state index in [2.05, 4.69) is 122 Å². The van der Waals surface area contributed by atoms with E-state index in [9.17, 15) is 0 Å². The molecule has 11 nitrogen and oxygen atoms in total. The molecule has 0 spiro atoms. The van der Waals surface area contributed by atoms with E-state index in [1.165, 1.54) is 0 Å². The lowest BCUT2D eigenvalue weighted by atomic mass is 9.91. The first-order chi connectivity index (χ1) is 28.3. The van der Waals surface area contributed by atoms with Gasteiger partial charge in [-0.2, -0.15) is 0 Å². The third kappa shape index (κ3) is 4.87. The maximum absolute atomic E-state index is 5.57. The zero-order valence-electron chi connectivity index (χ0n) is 29.6. The minimum atomic E-state index is 0.532. The van der Waals surface area contributed by atoms with Crippen LogP contribution in [-0.4, -0.2) is 35.9 Å². The van der Waals surface area contributed by atoms with E-state index >= 15 is 0 Å². The molecule has 8 aromatic carbocycles. The van der Waals surface area contributed by atoms with Crippen LogP contribution in [0.3, 0.4) is 0 Å². The monoisotopic (exact) mass is 756 g/mol. The van der Waals surface area contributed by atoms with Crippen LogP contribution in [0.2, 0.25) is 0 Å². The van der Waals surface area contributed by atoms with Gasteiger partial charge >= 0.3 is 0 Å². The van der Waals surface area contributed by atoms with Crippen LogP contribution in [0.1, 0.15) is 0 Å². The second kappa shape index (κ2) is 12.3. The standard InChI is InChI=1S/C45H24N8O3S/c1-3-10-29-27(8-1)24-28-9-2-4-11-30(28)39(29)32-21-23-37(44-41(32)49-56-52-44)53(35-14-7-13-34-42(35)50-54-47-34)36-22-20-31(40-43(36)51-55-48-40)25-16-18-26(19-17-25)45-46-33-12-5-6-15-38(33)57-45/h1-24H. The number of benzene rings is 8. The van der Waals surface area contributed by atoms with Crippen molar-refractivity contribution in [3.63, 3.8) is 0 Å². The predicted molar refractivity (Wildman–Crippen MR) is 222 cm³/mol. The third-order valence-corrected chi connectivity index (χ3v) is 11.6. The summed E-state index contributed by atoms with van der Waals surface area (Å²) in [5, 5.41) is 31.9. The molecule has 268 valence electrons. The van der Waals surface area contributed by atoms with Crippen LogP contribution < -0.4 is 4.90 Å². The van der Waals surface area contributed by atoms with Gasteiger partial charge in [-0.3, -0.25) is 0 Å². The van der Waals surface area contributed by atoms with Gasteiger partial charge in [-0.25, -0.2) is 18.9 Å². The zero-order chi connectivity index (χ0) is 37.5. The summed E-state index contributed by atoms with van der Waals surface area (Å²) >= 11 is 1.67. The number of thiazole rings is 1. The molecule has 0 bridgehead atoms. The highest BCUT2D eigenvalue weighted by molar-refractivity contribution is 7.21. The fraction of sp³-hybridized carbons (Fsp3) is 0. The molecule has 0 saturated heterocycles. The van der Waals surface area contributed by atoms with Crippen molar-refractivity contribution in [1.82, 2.24) is 35.9 Å². The van der Waals surface area contributed by atoms with Crippen LogP contribution in [0.4, 0.5) is 17.1 Å². The smallest absolute Gasteiger partial charge is 0.159 e. The van der Waals surface area contributed by atoms with Crippen LogP contribution in [-0.2, 0) is 0 Å². The molecular weight excluding hydrogens is 733 g/mol. The Hall–Kier alpha value is -7.83. The highest BCUT2D eigenvalue weighted by Gasteiger charge is 2.28. The van der Waals surface area contributed by atoms with Gasteiger partial charge in [0, 0.05) is 16.7 Å². The average Bonchev–Trinajstić information content (AvgIpc) is 4.10. The van der Waals surface area contributed by atoms with Gasteiger partial charge in [0.15, 0.2) is 16.6 Å². The molecule has 12 rings (SSSR count). The minimum Gasteiger partial charge on any atom is -0.303 e. The molecule has 12 aromatic rings. The normalized spacial score (nSPS) is 11.9. The number of hydrogen-bond acceptors (Lipinski definition) is 12. The molecule has 0 amide bonds. The van der Waals surface area contributed by atoms with Crippen LogP contribution in [0, 0.1) is 0 Å². The Kier molecular flexibility index (Phi) is 6.83. The summed E-state index contributed by atoms with van der Waals surface area (Å²) in [6, 6.07) is 49.3. The van der Waals surface area contributed by atoms with Crippen molar-refractivity contribution < 1.29 is 13.9 Å². The maximum Gasteiger partial charge on any atom is 0.159 e. The SMILES string of the molecule is c1ccc2c(-c3ccc(N(c4cccc5nonc45)c4ccc(-c5ccc(-c6nc7ccccc7s6)cc5)c5nonc45)c4nonc34)c3ccccc3cc2c1. The first kappa shape index (κ1) is 31.5. The van der Waals surface area contributed by atoms with Crippen molar-refractivity contribution >= 4 is 93.3 Å². The van der Waals surface area contributed by atoms with Crippen molar-refractivity contribution in [2.75, 3.05) is 4.90 Å². The Morgan fingerprint density at radius 1 is 0.421 bits per heavy atom. The molecule has 0 radical (unpaired) electrons. The molecule has 0 unspecified atom stereocenters. The van der Waals surface area contributed by atoms with Crippen LogP contribution >= 0.6 is 11.3 Å². The number of aromatic nitrogens is 7. The molecule has 0 fully saturated rings. The minimum absolute atomic E-state index is 0.532. The van der Waals surface area contributed by atoms with E-state index in [-0.39, 0.29) is 0 Å². The summed E-state index contributed by atoms with van der Waals surface area (Å²) in [6.07, 6.45) is 0. The lowest BCUT2D eigenvalue weighted by Gasteiger charge is -2.26. The molecule has 4 heterocycles. The highest BCUT2D eigenvalue weighted by Crippen LogP contribution is 2.47. The topological polar surface area (TPSA) is 133 Å². The summed E-state index contributed by atoms with van der Waals surface area (Å²) in [6.45, 7) is 0. The van der Waals surface area contributed by atoms with Crippen molar-refractivity contribution in [2.45, 2.75) is 0 Å². The molecule has 0 saturated carbocycles. The summed E-state index contributed by atoms with van der Waals surface area (Å²) < 4.78 is 17.5. The largest absolute Gasteiger partial charge is 0.303 e. The summed E-state index contributed by atoms with van der Waals surface area (Å²) in [4.78, 5) is 6.85. The zero-order valence-corrected chi connectivity index (χ0v) is 30.4. The number of rotatable bonds is 6. The quantitative estimate of drug-likeness (QED) is 0.150. The predicted octanol–water partition coefficient (Wildman–Crippen LogP) is 11.7. The van der Waals surface area contributed by atoms with E-state index in [0.717, 1.165) is 64.6 Å². The lowest BCUT2D eigenvalue weighted by Crippen LogP contribution is -2.12. The Bertz CT molecular complexity index is 3430. The maximum atomic E-state index is 5.57. The van der Waals surface area contributed by atoms with E-state index in [1.807, 2.05) is 59.5 Å². The molecule has 12 heteroatoms. The molecule has 0 aliphatic rings. The van der Waals surface area contributed by atoms with Gasteiger partial charge in [-0.1, -0.05) is 91.0 Å². The fourth-order valence-electron chi connectivity index (χ4n) is 7.96. The van der Waals surface area contributed by atoms with Gasteiger partial charge in [0.05, 0.1) is 27.3 Å². The second-order valence-corrected chi connectivity index (χ2v) is 14.7. The van der Waals surface area contributed by atoms with Crippen molar-refractivity contribution in [2.24, 2.45) is 0 Å². The Morgan fingerprint density at radius 2 is 0.982 bits per heavy atom. The Labute approximate surface area is 325 Å². The van der Waals surface area contributed by atoms with Crippen LogP contribution in [0.5, 0.6) is 0 Å². The van der Waals surface area contributed by atoms with E-state index in [1.54, 1.807) is 11.3 Å². The summed E-state index contributed by atoms with van der Waals surface area (Å²) in [5.41, 5.74) is 11.2. The van der Waals surface area contributed by atoms with Gasteiger partial charge in [-0.15, -0.1) is 11.3 Å². The number of nitrogens with zero attached hydrogens (tertiary/aromatic N) is 8. The highest BCUT2D eigenvalue weighted by atomic mass is 32.1. The van der Waals surface area contributed by atoms with E-state index < -0.39 is 0 Å². The number of fused-ring (bicyclic) bond motifs is 6. The van der Waals surface area contributed by atoms with Gasteiger partial charge < -0.3 is 4.90 Å². The first-order valence-electron chi connectivity index (χ1n) is 18.2. The van der Waals surface area contributed by atoms with Crippen LogP contribution in [0.25, 0.3) is 97.7 Å². The van der Waals surface area contributed by atoms with Gasteiger partial charge in [0.1, 0.15) is 21.6 Å². The van der Waals surface area contributed by atoms with E-state index in [4.69, 9.17) is 18.9 Å². The van der Waals surface area contributed by atoms with Crippen molar-refractivity contribution in [3.05, 3.63) is 146 Å². The van der Waals surface area contributed by atoms with E-state index in [0.29, 0.717) is 50.2 Å². The molecule has 0 atom stereocenters. The Morgan fingerprint density at radius 3 is 1.72 bits per heavy atom. The molecule has 57 heavy (non-hydrogen) atoms. The average molecular weight is 757 g/mol. The summed E-state index contributed by atoms with van der Waals surface area (Å²) in [5.74, 6) is 0. The first-order valence-corrected chi connectivity index (χ1v) is 19.0. The lowest BCUT2D eigenvalue weighted by molar-refractivity contribution is 0.315. The number of anilines is 3. The van der Waals surface area contributed by atoms with Gasteiger partial charge in [-0.05, 0) is 118 Å². The molecule has 4 aromatic heterocycles. The van der Waals surface area contributed by atoms with Crippen molar-refractivity contribution in [3.8, 4) is 32.8 Å². The molecular formula is C45H24N8O3S. The van der Waals surface area contributed by atoms with Crippen molar-refractivity contribution in [1.29, 1.82) is 0 Å². The molecule has 0 aliphatic heterocycles. The number of hydrogen-bond donors (Lipinski definition) is 0. The van der Waals surface area contributed by atoms with Crippen LogP contribution in [0.15, 0.2) is 159 Å². The number of para-hydroxylation sites is 1. The Balaban J connectivity index is 1.04. The fourth-order valence-corrected chi connectivity index (χ4v) is 8.93. The molecule has 0 aliphatic carbocycles. The summed E-state index contributed by atoms with van der Waals surface area (Å²) in [7, 11) is 0. The second-order valence-electron chi connectivity index (χ2n) is 13.7. The third-order valence-electron chi connectivity index (χ3n) is 10.6.